The van der Waals surface area contributed by atoms with Crippen molar-refractivity contribution < 1.29 is 9.59 Å². The van der Waals surface area contributed by atoms with Crippen LogP contribution in [0.25, 0.3) is 0 Å². The van der Waals surface area contributed by atoms with Crippen LogP contribution in [0.1, 0.15) is 25.2 Å². The summed E-state index contributed by atoms with van der Waals surface area (Å²) in [5.41, 5.74) is 4.23. The predicted octanol–water partition coefficient (Wildman–Crippen LogP) is 1.21. The Labute approximate surface area is 127 Å². The summed E-state index contributed by atoms with van der Waals surface area (Å²) in [6.45, 7) is 3.10. The van der Waals surface area contributed by atoms with Gasteiger partial charge in [0.1, 0.15) is 0 Å². The summed E-state index contributed by atoms with van der Waals surface area (Å²) >= 11 is 0. The van der Waals surface area contributed by atoms with E-state index in [-0.39, 0.29) is 17.8 Å². The molecule has 0 saturated carbocycles. The van der Waals surface area contributed by atoms with Crippen LogP contribution in [0.3, 0.4) is 0 Å². The molecule has 0 atom stereocenters. The van der Waals surface area contributed by atoms with E-state index < -0.39 is 0 Å². The van der Waals surface area contributed by atoms with Crippen LogP contribution in [0.2, 0.25) is 0 Å². The van der Waals surface area contributed by atoms with E-state index in [1.54, 1.807) is 6.92 Å². The molecule has 1 aromatic carbocycles. The fourth-order valence-electron chi connectivity index (χ4n) is 2.40. The van der Waals surface area contributed by atoms with Gasteiger partial charge in [-0.05, 0) is 12.5 Å². The topological polar surface area (TPSA) is 80.1 Å². The van der Waals surface area contributed by atoms with Crippen molar-refractivity contribution >= 4 is 17.8 Å². The van der Waals surface area contributed by atoms with Crippen molar-refractivity contribution in [1.82, 2.24) is 14.9 Å². The molecule has 1 N–H and O–H groups in total. The number of fused-ring (bicyclic) bond motifs is 1. The molecule has 0 aliphatic carbocycles. The van der Waals surface area contributed by atoms with Crippen LogP contribution in [-0.2, 0) is 16.0 Å². The molecule has 3 rings (SSSR count). The van der Waals surface area contributed by atoms with Gasteiger partial charge >= 0.3 is 0 Å². The van der Waals surface area contributed by atoms with Crippen molar-refractivity contribution in [1.29, 1.82) is 0 Å². The first kappa shape index (κ1) is 14.0. The summed E-state index contributed by atoms with van der Waals surface area (Å²) in [4.78, 5) is 25.1. The van der Waals surface area contributed by atoms with Crippen molar-refractivity contribution in [2.24, 2.45) is 0 Å². The smallest absolute Gasteiger partial charge is 0.264 e. The zero-order chi connectivity index (χ0) is 15.7. The van der Waals surface area contributed by atoms with Crippen LogP contribution in [0, 0.1) is 0 Å². The Kier molecular flexibility index (Phi) is 3.46. The average Bonchev–Trinajstić information content (AvgIpc) is 2.77. The second-order valence-electron chi connectivity index (χ2n) is 5.03. The highest BCUT2D eigenvalue weighted by atomic mass is 16.2. The third kappa shape index (κ3) is 2.48. The average molecular weight is 297 g/mol. The molecule has 1 aliphatic rings. The van der Waals surface area contributed by atoms with Crippen LogP contribution < -0.4 is 10.3 Å². The lowest BCUT2D eigenvalue weighted by atomic mass is 10.1. The quantitative estimate of drug-likeness (QED) is 0.903. The van der Waals surface area contributed by atoms with E-state index in [0.29, 0.717) is 17.9 Å². The van der Waals surface area contributed by atoms with Crippen LogP contribution in [0.15, 0.2) is 42.1 Å². The largest absolute Gasteiger partial charge is 0.274 e. The Morgan fingerprint density at radius 2 is 1.95 bits per heavy atom. The first-order valence-electron chi connectivity index (χ1n) is 6.84. The predicted molar refractivity (Wildman–Crippen MR) is 80.6 cm³/mol. The molecule has 2 amide bonds. The molecular formula is C15H15N5O2. The van der Waals surface area contributed by atoms with Crippen LogP contribution in [0.4, 0.5) is 5.95 Å². The number of carbonyl (C=O) groups excluding carboxylic acids is 2. The molecule has 0 unspecified atom stereocenters. The highest BCUT2D eigenvalue weighted by Crippen LogP contribution is 2.21. The van der Waals surface area contributed by atoms with Gasteiger partial charge < -0.3 is 0 Å². The van der Waals surface area contributed by atoms with E-state index in [9.17, 15) is 9.59 Å². The third-order valence-corrected chi connectivity index (χ3v) is 3.35. The summed E-state index contributed by atoms with van der Waals surface area (Å²) in [7, 11) is 0. The summed E-state index contributed by atoms with van der Waals surface area (Å²) in [6.07, 6.45) is 1.86. The summed E-state index contributed by atoms with van der Waals surface area (Å²) in [5.74, 6) is 0.295. The van der Waals surface area contributed by atoms with E-state index in [1.165, 1.54) is 22.6 Å². The Hall–Kier alpha value is -2.96. The Balaban J connectivity index is 2.03. The van der Waals surface area contributed by atoms with Crippen molar-refractivity contribution in [3.63, 3.8) is 0 Å². The maximum absolute atomic E-state index is 11.9. The van der Waals surface area contributed by atoms with E-state index >= 15 is 0 Å². The lowest BCUT2D eigenvalue weighted by Crippen LogP contribution is -2.30. The monoisotopic (exact) mass is 297 g/mol. The first-order valence-corrected chi connectivity index (χ1v) is 6.84. The molecule has 112 valence electrons. The Morgan fingerprint density at radius 1 is 1.23 bits per heavy atom. The first-order chi connectivity index (χ1) is 10.6. The normalized spacial score (nSPS) is 14.0. The fraction of sp³-hybridized carbons (Fsp3) is 0.200. The minimum absolute atomic E-state index is 0.231. The van der Waals surface area contributed by atoms with E-state index in [1.807, 2.05) is 30.3 Å². The highest BCUT2D eigenvalue weighted by Gasteiger charge is 2.26. The van der Waals surface area contributed by atoms with Gasteiger partial charge in [-0.25, -0.2) is 4.68 Å². The molecule has 0 saturated heterocycles. The van der Waals surface area contributed by atoms with Crippen LogP contribution in [-0.4, -0.2) is 26.7 Å². The van der Waals surface area contributed by atoms with Gasteiger partial charge in [0.25, 0.3) is 11.9 Å². The molecular weight excluding hydrogens is 282 g/mol. The number of hydrogen-bond acceptors (Lipinski definition) is 4. The zero-order valence-corrected chi connectivity index (χ0v) is 12.3. The SMILES string of the molecule is CC(=O)N1C(C)=CC(=O)Nn2c(Cc3ccccc3)nnc21. The number of rotatable bonds is 2. The van der Waals surface area contributed by atoms with Gasteiger partial charge in [0.15, 0.2) is 5.82 Å². The van der Waals surface area contributed by atoms with E-state index in [2.05, 4.69) is 15.6 Å². The third-order valence-electron chi connectivity index (χ3n) is 3.35. The number of hydrogen-bond donors (Lipinski definition) is 1. The standard InChI is InChI=1S/C15H15N5O2/c1-10-8-14(22)18-20-13(9-12-6-4-3-5-7-12)16-17-15(20)19(10)11(2)21/h3-8H,9H2,1-2H3,(H,18,22). The molecule has 0 spiro atoms. The molecule has 0 fully saturated rings. The number of benzene rings is 1. The summed E-state index contributed by atoms with van der Waals surface area (Å²) in [6, 6.07) is 9.72. The lowest BCUT2D eigenvalue weighted by Gasteiger charge is -2.18. The lowest BCUT2D eigenvalue weighted by molar-refractivity contribution is -0.116. The van der Waals surface area contributed by atoms with E-state index in [4.69, 9.17) is 0 Å². The molecule has 1 aliphatic heterocycles. The number of nitrogens with one attached hydrogen (secondary N) is 1. The summed E-state index contributed by atoms with van der Waals surface area (Å²) in [5, 5.41) is 8.18. The number of allylic oxidation sites excluding steroid dienone is 1. The van der Waals surface area contributed by atoms with Crippen molar-refractivity contribution in [3.05, 3.63) is 53.5 Å². The summed E-state index contributed by atoms with van der Waals surface area (Å²) < 4.78 is 1.46. The number of nitrogens with zero attached hydrogens (tertiary/aromatic N) is 4. The maximum Gasteiger partial charge on any atom is 0.264 e. The van der Waals surface area contributed by atoms with Gasteiger partial charge in [0, 0.05) is 25.1 Å². The minimum Gasteiger partial charge on any atom is -0.274 e. The second kappa shape index (κ2) is 5.44. The van der Waals surface area contributed by atoms with Gasteiger partial charge in [0.2, 0.25) is 5.91 Å². The molecule has 2 heterocycles. The van der Waals surface area contributed by atoms with Gasteiger partial charge in [-0.2, -0.15) is 0 Å². The van der Waals surface area contributed by atoms with Gasteiger partial charge in [0.05, 0.1) is 0 Å². The van der Waals surface area contributed by atoms with Crippen molar-refractivity contribution in [2.45, 2.75) is 20.3 Å². The van der Waals surface area contributed by atoms with Crippen molar-refractivity contribution in [3.8, 4) is 0 Å². The molecule has 7 nitrogen and oxygen atoms in total. The fourth-order valence-corrected chi connectivity index (χ4v) is 2.40. The van der Waals surface area contributed by atoms with Gasteiger partial charge in [-0.3, -0.25) is 19.9 Å². The van der Waals surface area contributed by atoms with Gasteiger partial charge in [-0.1, -0.05) is 30.3 Å². The minimum atomic E-state index is -0.323. The molecule has 7 heteroatoms. The molecule has 22 heavy (non-hydrogen) atoms. The van der Waals surface area contributed by atoms with Gasteiger partial charge in [-0.15, -0.1) is 10.2 Å². The van der Waals surface area contributed by atoms with E-state index in [0.717, 1.165) is 5.56 Å². The number of amides is 2. The Bertz CT molecular complexity index is 763. The Morgan fingerprint density at radius 3 is 2.64 bits per heavy atom. The molecule has 0 bridgehead atoms. The van der Waals surface area contributed by atoms with Crippen molar-refractivity contribution in [2.75, 3.05) is 10.3 Å². The number of aromatic nitrogens is 3. The zero-order valence-electron chi connectivity index (χ0n) is 12.3. The van der Waals surface area contributed by atoms with Crippen LogP contribution in [0.5, 0.6) is 0 Å². The molecule has 2 aromatic rings. The second-order valence-corrected chi connectivity index (χ2v) is 5.03. The number of carbonyl (C=O) groups is 2. The maximum atomic E-state index is 11.9. The molecule has 0 radical (unpaired) electrons. The number of anilines is 1. The highest BCUT2D eigenvalue weighted by molar-refractivity contribution is 6.01. The molecule has 1 aromatic heterocycles. The van der Waals surface area contributed by atoms with Crippen LogP contribution >= 0.6 is 0 Å².